The van der Waals surface area contributed by atoms with Crippen LogP contribution in [0.3, 0.4) is 0 Å². The first-order valence-electron chi connectivity index (χ1n) is 7.19. The van der Waals surface area contributed by atoms with Gasteiger partial charge >= 0.3 is 5.97 Å². The summed E-state index contributed by atoms with van der Waals surface area (Å²) in [6.45, 7) is 4.03. The number of aromatic nitrogens is 1. The smallest absolute Gasteiger partial charge is 0.330 e. The zero-order valence-corrected chi connectivity index (χ0v) is 13.5. The molecule has 1 fully saturated rings. The van der Waals surface area contributed by atoms with Crippen LogP contribution in [0.1, 0.15) is 36.3 Å². The predicted octanol–water partition coefficient (Wildman–Crippen LogP) is 1.26. The van der Waals surface area contributed by atoms with E-state index in [0.29, 0.717) is 36.0 Å². The number of carboxylic acids is 1. The summed E-state index contributed by atoms with van der Waals surface area (Å²) in [6, 6.07) is 2.82. The zero-order chi connectivity index (χ0) is 16.3. The van der Waals surface area contributed by atoms with Crippen molar-refractivity contribution in [2.24, 2.45) is 5.92 Å². The molecule has 1 aromatic rings. The predicted molar refractivity (Wildman–Crippen MR) is 85.4 cm³/mol. The zero-order valence-electron chi connectivity index (χ0n) is 12.6. The van der Waals surface area contributed by atoms with Gasteiger partial charge < -0.3 is 15.4 Å². The van der Waals surface area contributed by atoms with Crippen molar-refractivity contribution in [3.8, 4) is 0 Å². The molecule has 1 unspecified atom stereocenters. The van der Waals surface area contributed by atoms with Crippen molar-refractivity contribution >= 4 is 23.6 Å². The normalized spacial score (nSPS) is 21.0. The second-order valence-electron chi connectivity index (χ2n) is 6.00. The number of amides is 1. The molecule has 120 valence electrons. The molecular formula is C15H20N2O4S. The minimum atomic E-state index is -1.23. The van der Waals surface area contributed by atoms with Crippen molar-refractivity contribution in [3.63, 3.8) is 0 Å². The standard InChI is InChI=1S/C15H20N2O4S/c1-9(2)5-11-6-10(7-12(18)16-11)13(19)17-15(14(20)21)3-4-22-8-15/h6-7,9H,3-5,8H2,1-2H3,(H,16,18)(H,17,19)(H,20,21). The van der Waals surface area contributed by atoms with Gasteiger partial charge in [-0.05, 0) is 30.6 Å². The van der Waals surface area contributed by atoms with Crippen LogP contribution < -0.4 is 10.9 Å². The topological polar surface area (TPSA) is 99.3 Å². The molecule has 2 rings (SSSR count). The summed E-state index contributed by atoms with van der Waals surface area (Å²) >= 11 is 1.50. The summed E-state index contributed by atoms with van der Waals surface area (Å²) in [5.41, 5.74) is -0.703. The van der Waals surface area contributed by atoms with Gasteiger partial charge in [0.05, 0.1) is 0 Å². The first-order chi connectivity index (χ1) is 10.3. The van der Waals surface area contributed by atoms with E-state index >= 15 is 0 Å². The molecular weight excluding hydrogens is 304 g/mol. The van der Waals surface area contributed by atoms with Crippen LogP contribution in [0.15, 0.2) is 16.9 Å². The minimum absolute atomic E-state index is 0.205. The highest BCUT2D eigenvalue weighted by molar-refractivity contribution is 7.99. The summed E-state index contributed by atoms with van der Waals surface area (Å²) in [5.74, 6) is -0.166. The largest absolute Gasteiger partial charge is 0.479 e. The Kier molecular flexibility index (Phi) is 4.95. The molecule has 1 aromatic heterocycles. The van der Waals surface area contributed by atoms with Crippen LogP contribution in [0.2, 0.25) is 0 Å². The van der Waals surface area contributed by atoms with Gasteiger partial charge in [0.25, 0.3) is 5.91 Å². The van der Waals surface area contributed by atoms with E-state index in [0.717, 1.165) is 0 Å². The molecule has 0 spiro atoms. The molecule has 0 saturated carbocycles. The molecule has 0 radical (unpaired) electrons. The SMILES string of the molecule is CC(C)Cc1cc(C(=O)NC2(C(=O)O)CCSC2)cc(=O)[nH]1. The number of nitrogens with one attached hydrogen (secondary N) is 2. The number of carboxylic acid groups (broad SMARTS) is 1. The number of carbonyl (C=O) groups excluding carboxylic acids is 1. The fourth-order valence-corrected chi connectivity index (χ4v) is 3.78. The number of pyridine rings is 1. The van der Waals surface area contributed by atoms with Crippen molar-refractivity contribution in [3.05, 3.63) is 33.7 Å². The fourth-order valence-electron chi connectivity index (χ4n) is 2.46. The Labute approximate surface area is 132 Å². The molecule has 7 heteroatoms. The highest BCUT2D eigenvalue weighted by atomic mass is 32.2. The van der Waals surface area contributed by atoms with E-state index in [1.807, 2.05) is 13.8 Å². The van der Waals surface area contributed by atoms with Gasteiger partial charge in [0.1, 0.15) is 5.54 Å². The highest BCUT2D eigenvalue weighted by Crippen LogP contribution is 2.28. The lowest BCUT2D eigenvalue weighted by atomic mass is 9.98. The molecule has 1 atom stereocenters. The Morgan fingerprint density at radius 3 is 2.73 bits per heavy atom. The van der Waals surface area contributed by atoms with Gasteiger partial charge in [-0.1, -0.05) is 13.8 Å². The summed E-state index contributed by atoms with van der Waals surface area (Å²) in [4.78, 5) is 38.2. The molecule has 6 nitrogen and oxygen atoms in total. The first kappa shape index (κ1) is 16.6. The molecule has 1 aliphatic heterocycles. The average Bonchev–Trinajstić information content (AvgIpc) is 2.87. The molecule has 1 aliphatic rings. The summed E-state index contributed by atoms with van der Waals surface area (Å²) in [7, 11) is 0. The van der Waals surface area contributed by atoms with Gasteiger partial charge in [-0.3, -0.25) is 9.59 Å². The maximum atomic E-state index is 12.4. The lowest BCUT2D eigenvalue weighted by Crippen LogP contribution is -2.54. The second-order valence-corrected chi connectivity index (χ2v) is 7.11. The van der Waals surface area contributed by atoms with E-state index < -0.39 is 17.4 Å². The monoisotopic (exact) mass is 324 g/mol. The molecule has 0 aliphatic carbocycles. The van der Waals surface area contributed by atoms with Crippen LogP contribution in [-0.2, 0) is 11.2 Å². The molecule has 0 bridgehead atoms. The van der Waals surface area contributed by atoms with Gasteiger partial charge in [-0.25, -0.2) is 4.79 Å². The van der Waals surface area contributed by atoms with Crippen molar-refractivity contribution in [1.82, 2.24) is 10.3 Å². The van der Waals surface area contributed by atoms with Crippen molar-refractivity contribution in [1.29, 1.82) is 0 Å². The summed E-state index contributed by atoms with van der Waals surface area (Å²) < 4.78 is 0. The molecule has 0 aromatic carbocycles. The Morgan fingerprint density at radius 1 is 1.45 bits per heavy atom. The number of rotatable bonds is 5. The summed E-state index contributed by atoms with van der Waals surface area (Å²) in [5, 5.41) is 12.0. The van der Waals surface area contributed by atoms with Crippen molar-refractivity contribution < 1.29 is 14.7 Å². The van der Waals surface area contributed by atoms with E-state index in [-0.39, 0.29) is 11.1 Å². The highest BCUT2D eigenvalue weighted by Gasteiger charge is 2.43. The Bertz CT molecular complexity index is 633. The van der Waals surface area contributed by atoms with Crippen LogP contribution in [0.25, 0.3) is 0 Å². The van der Waals surface area contributed by atoms with Gasteiger partial charge in [0, 0.05) is 23.1 Å². The number of aromatic amines is 1. The third-order valence-corrected chi connectivity index (χ3v) is 4.76. The number of hydrogen-bond donors (Lipinski definition) is 3. The van der Waals surface area contributed by atoms with Gasteiger partial charge in [-0.2, -0.15) is 11.8 Å². The van der Waals surface area contributed by atoms with Crippen LogP contribution in [0, 0.1) is 5.92 Å². The van der Waals surface area contributed by atoms with E-state index in [9.17, 15) is 19.5 Å². The number of aliphatic carboxylic acids is 1. The van der Waals surface area contributed by atoms with Crippen LogP contribution in [0.5, 0.6) is 0 Å². The maximum Gasteiger partial charge on any atom is 0.330 e. The fraction of sp³-hybridized carbons (Fsp3) is 0.533. The lowest BCUT2D eigenvalue weighted by Gasteiger charge is -2.24. The number of hydrogen-bond acceptors (Lipinski definition) is 4. The van der Waals surface area contributed by atoms with Crippen LogP contribution >= 0.6 is 11.8 Å². The number of H-pyrrole nitrogens is 1. The molecule has 1 amide bonds. The van der Waals surface area contributed by atoms with Gasteiger partial charge in [0.15, 0.2) is 0 Å². The Balaban J connectivity index is 2.24. The van der Waals surface area contributed by atoms with Crippen LogP contribution in [-0.4, -0.2) is 39.0 Å². The maximum absolute atomic E-state index is 12.4. The van der Waals surface area contributed by atoms with Crippen molar-refractivity contribution in [2.45, 2.75) is 32.2 Å². The van der Waals surface area contributed by atoms with E-state index in [1.54, 1.807) is 6.07 Å². The molecule has 2 heterocycles. The van der Waals surface area contributed by atoms with Gasteiger partial charge in [-0.15, -0.1) is 0 Å². The summed E-state index contributed by atoms with van der Waals surface area (Å²) in [6.07, 6.45) is 1.04. The van der Waals surface area contributed by atoms with Crippen molar-refractivity contribution in [2.75, 3.05) is 11.5 Å². The quantitative estimate of drug-likeness (QED) is 0.757. The Hall–Kier alpha value is -1.76. The van der Waals surface area contributed by atoms with E-state index in [4.69, 9.17) is 0 Å². The number of carbonyl (C=O) groups is 2. The second kappa shape index (κ2) is 6.56. The number of thioether (sulfide) groups is 1. The molecule has 1 saturated heterocycles. The van der Waals surface area contributed by atoms with Crippen LogP contribution in [0.4, 0.5) is 0 Å². The first-order valence-corrected chi connectivity index (χ1v) is 8.35. The van der Waals surface area contributed by atoms with E-state index in [1.165, 1.54) is 17.8 Å². The Morgan fingerprint density at radius 2 is 2.18 bits per heavy atom. The molecule has 22 heavy (non-hydrogen) atoms. The lowest BCUT2D eigenvalue weighted by molar-refractivity contribution is -0.143. The molecule has 3 N–H and O–H groups in total. The van der Waals surface area contributed by atoms with E-state index in [2.05, 4.69) is 10.3 Å². The minimum Gasteiger partial charge on any atom is -0.479 e. The third kappa shape index (κ3) is 3.71. The third-order valence-electron chi connectivity index (χ3n) is 3.57. The average molecular weight is 324 g/mol. The van der Waals surface area contributed by atoms with Gasteiger partial charge in [0.2, 0.25) is 5.56 Å².